The number of nitrogens with zero attached hydrogens (tertiary/aromatic N) is 1. The molecule has 7 nitrogen and oxygen atoms in total. The summed E-state index contributed by atoms with van der Waals surface area (Å²) in [6.07, 6.45) is 3.54. The SMILES string of the molecule is CC(C)(C)OC(=O)C(CCCN)NC=O.Cc1cccn(C(c2ccccc2)c2ccccc2)c1=O. The fourth-order valence-corrected chi connectivity index (χ4v) is 3.66. The Hall–Kier alpha value is -3.71. The molecule has 1 atom stereocenters. The first-order chi connectivity index (χ1) is 17.2. The lowest BCUT2D eigenvalue weighted by atomic mass is 9.98. The second kappa shape index (κ2) is 14.0. The number of nitrogens with one attached hydrogen (secondary N) is 1. The number of carbonyl (C=O) groups excluding carboxylic acids is 2. The lowest BCUT2D eigenvalue weighted by Gasteiger charge is -2.23. The molecule has 36 heavy (non-hydrogen) atoms. The molecule has 3 rings (SSSR count). The summed E-state index contributed by atoms with van der Waals surface area (Å²) in [7, 11) is 0. The van der Waals surface area contributed by atoms with Crippen molar-refractivity contribution in [1.29, 1.82) is 0 Å². The van der Waals surface area contributed by atoms with Gasteiger partial charge in [-0.05, 0) is 64.3 Å². The number of hydrogen-bond acceptors (Lipinski definition) is 5. The molecule has 1 heterocycles. The van der Waals surface area contributed by atoms with E-state index >= 15 is 0 Å². The Kier molecular flexibility index (Phi) is 11.1. The molecule has 0 aliphatic rings. The van der Waals surface area contributed by atoms with Gasteiger partial charge >= 0.3 is 5.97 Å². The molecule has 0 aliphatic carbocycles. The normalized spacial score (nSPS) is 11.7. The molecule has 0 spiro atoms. The van der Waals surface area contributed by atoms with Crippen molar-refractivity contribution in [3.05, 3.63) is 106 Å². The number of nitrogens with two attached hydrogens (primary N) is 1. The van der Waals surface area contributed by atoms with Crippen LogP contribution < -0.4 is 16.6 Å². The van der Waals surface area contributed by atoms with Crippen LogP contribution in [0.25, 0.3) is 0 Å². The van der Waals surface area contributed by atoms with Gasteiger partial charge in [0.1, 0.15) is 11.6 Å². The van der Waals surface area contributed by atoms with E-state index in [0.29, 0.717) is 25.8 Å². The van der Waals surface area contributed by atoms with Crippen LogP contribution in [0, 0.1) is 6.92 Å². The fourth-order valence-electron chi connectivity index (χ4n) is 3.66. The summed E-state index contributed by atoms with van der Waals surface area (Å²) in [6, 6.07) is 23.3. The Bertz CT molecular complexity index is 1100. The first-order valence-corrected chi connectivity index (χ1v) is 12.1. The summed E-state index contributed by atoms with van der Waals surface area (Å²) in [5.74, 6) is -0.414. The zero-order valence-electron chi connectivity index (χ0n) is 21.5. The molecule has 192 valence electrons. The van der Waals surface area contributed by atoms with E-state index in [2.05, 4.69) is 29.6 Å². The third kappa shape index (κ3) is 8.82. The van der Waals surface area contributed by atoms with Crippen molar-refractivity contribution >= 4 is 12.4 Å². The van der Waals surface area contributed by atoms with Crippen LogP contribution in [0.5, 0.6) is 0 Å². The first-order valence-electron chi connectivity index (χ1n) is 12.1. The minimum absolute atomic E-state index is 0.0511. The average molecular weight is 492 g/mol. The first kappa shape index (κ1) is 28.5. The predicted molar refractivity (Wildman–Crippen MR) is 143 cm³/mol. The maximum Gasteiger partial charge on any atom is 0.329 e. The van der Waals surface area contributed by atoms with Crippen LogP contribution in [-0.4, -0.2) is 35.1 Å². The van der Waals surface area contributed by atoms with E-state index in [1.54, 1.807) is 25.3 Å². The molecule has 3 aromatic rings. The number of hydrogen-bond donors (Lipinski definition) is 2. The highest BCUT2D eigenvalue weighted by molar-refractivity contribution is 5.78. The number of aryl methyl sites for hydroxylation is 1. The maximum atomic E-state index is 12.5. The minimum atomic E-state index is -0.592. The summed E-state index contributed by atoms with van der Waals surface area (Å²) in [5, 5.41) is 2.43. The van der Waals surface area contributed by atoms with Crippen molar-refractivity contribution in [3.63, 3.8) is 0 Å². The second-order valence-electron chi connectivity index (χ2n) is 9.43. The van der Waals surface area contributed by atoms with Crippen LogP contribution in [-0.2, 0) is 14.3 Å². The van der Waals surface area contributed by atoms with Crippen LogP contribution in [0.4, 0.5) is 0 Å². The molecule has 2 aromatic carbocycles. The molecule has 7 heteroatoms. The molecule has 0 bridgehead atoms. The molecule has 0 radical (unpaired) electrons. The van der Waals surface area contributed by atoms with Crippen LogP contribution in [0.2, 0.25) is 0 Å². The van der Waals surface area contributed by atoms with Crippen molar-refractivity contribution in [2.45, 2.75) is 58.2 Å². The predicted octanol–water partition coefficient (Wildman–Crippen LogP) is 3.98. The third-order valence-electron chi connectivity index (χ3n) is 5.33. The number of aromatic nitrogens is 1. The number of rotatable bonds is 9. The van der Waals surface area contributed by atoms with Gasteiger partial charge in [-0.15, -0.1) is 0 Å². The lowest BCUT2D eigenvalue weighted by molar-refractivity contribution is -0.158. The number of amides is 1. The highest BCUT2D eigenvalue weighted by Gasteiger charge is 2.24. The van der Waals surface area contributed by atoms with Gasteiger partial charge in [0.25, 0.3) is 5.56 Å². The Balaban J connectivity index is 0.000000271. The maximum absolute atomic E-state index is 12.5. The zero-order chi connectivity index (χ0) is 26.6. The fraction of sp³-hybridized carbons (Fsp3) is 0.345. The smallest absolute Gasteiger partial charge is 0.329 e. The van der Waals surface area contributed by atoms with Gasteiger partial charge in [0.05, 0.1) is 6.04 Å². The van der Waals surface area contributed by atoms with Crippen molar-refractivity contribution in [2.75, 3.05) is 6.54 Å². The summed E-state index contributed by atoms with van der Waals surface area (Å²) in [4.78, 5) is 34.4. The molecular weight excluding hydrogens is 454 g/mol. The molecule has 0 fully saturated rings. The van der Waals surface area contributed by atoms with Crippen LogP contribution in [0.15, 0.2) is 83.8 Å². The Labute approximate surface area is 213 Å². The Morgan fingerprint density at radius 2 is 1.56 bits per heavy atom. The van der Waals surface area contributed by atoms with Gasteiger partial charge in [-0.2, -0.15) is 0 Å². The van der Waals surface area contributed by atoms with Crippen molar-refractivity contribution in [2.24, 2.45) is 5.73 Å². The molecule has 1 unspecified atom stereocenters. The van der Waals surface area contributed by atoms with Crippen molar-refractivity contribution in [3.8, 4) is 0 Å². The van der Waals surface area contributed by atoms with E-state index in [-0.39, 0.29) is 11.6 Å². The summed E-state index contributed by atoms with van der Waals surface area (Å²) < 4.78 is 6.95. The molecule has 1 amide bonds. The van der Waals surface area contributed by atoms with Crippen LogP contribution >= 0.6 is 0 Å². The number of carbonyl (C=O) groups is 2. The minimum Gasteiger partial charge on any atom is -0.458 e. The van der Waals surface area contributed by atoms with E-state index < -0.39 is 17.6 Å². The van der Waals surface area contributed by atoms with Gasteiger partial charge < -0.3 is 20.4 Å². The summed E-state index contributed by atoms with van der Waals surface area (Å²) >= 11 is 0. The van der Waals surface area contributed by atoms with E-state index in [1.165, 1.54) is 0 Å². The molecule has 3 N–H and O–H groups in total. The monoisotopic (exact) mass is 491 g/mol. The highest BCUT2D eigenvalue weighted by atomic mass is 16.6. The van der Waals surface area contributed by atoms with Gasteiger partial charge in [0.15, 0.2) is 0 Å². The Morgan fingerprint density at radius 1 is 1.00 bits per heavy atom. The van der Waals surface area contributed by atoms with Gasteiger partial charge in [0, 0.05) is 11.8 Å². The van der Waals surface area contributed by atoms with E-state index in [4.69, 9.17) is 10.5 Å². The van der Waals surface area contributed by atoms with Crippen molar-refractivity contribution in [1.82, 2.24) is 9.88 Å². The standard InChI is InChI=1S/C19H17NO.C10H20N2O3/c1-15-9-8-14-20(19(15)21)18(16-10-4-2-5-11-16)17-12-6-3-7-13-17;1-10(2,3)15-9(14)8(12-7-13)5-4-6-11/h2-14,18H,1H3;7-8H,4-6,11H2,1-3H3,(H,12,13). The molecule has 0 saturated carbocycles. The van der Waals surface area contributed by atoms with Crippen molar-refractivity contribution < 1.29 is 14.3 Å². The highest BCUT2D eigenvalue weighted by Crippen LogP contribution is 2.25. The van der Waals surface area contributed by atoms with Gasteiger partial charge in [-0.1, -0.05) is 66.7 Å². The number of esters is 1. The number of ether oxygens (including phenoxy) is 1. The molecule has 0 saturated heterocycles. The van der Waals surface area contributed by atoms with Crippen LogP contribution in [0.3, 0.4) is 0 Å². The van der Waals surface area contributed by atoms with Gasteiger partial charge in [0.2, 0.25) is 6.41 Å². The third-order valence-corrected chi connectivity index (χ3v) is 5.33. The quantitative estimate of drug-likeness (QED) is 0.348. The second-order valence-corrected chi connectivity index (χ2v) is 9.43. The van der Waals surface area contributed by atoms with Gasteiger partial charge in [-0.25, -0.2) is 4.79 Å². The van der Waals surface area contributed by atoms with E-state index in [1.807, 2.05) is 61.7 Å². The van der Waals surface area contributed by atoms with Crippen LogP contribution in [0.1, 0.15) is 56.3 Å². The molecule has 1 aromatic heterocycles. The number of benzene rings is 2. The van der Waals surface area contributed by atoms with E-state index in [9.17, 15) is 14.4 Å². The lowest BCUT2D eigenvalue weighted by Crippen LogP contribution is -2.41. The van der Waals surface area contributed by atoms with Gasteiger partial charge in [-0.3, -0.25) is 9.59 Å². The molecule has 0 aliphatic heterocycles. The summed E-state index contributed by atoms with van der Waals surface area (Å²) in [5.41, 5.74) is 7.82. The molecular formula is C29H37N3O4. The average Bonchev–Trinajstić information content (AvgIpc) is 2.85. The summed E-state index contributed by atoms with van der Waals surface area (Å²) in [6.45, 7) is 7.69. The topological polar surface area (TPSA) is 103 Å². The van der Waals surface area contributed by atoms with E-state index in [0.717, 1.165) is 16.7 Å². The largest absolute Gasteiger partial charge is 0.458 e. The number of pyridine rings is 1. The zero-order valence-corrected chi connectivity index (χ0v) is 21.5. The Morgan fingerprint density at radius 3 is 2.03 bits per heavy atom.